The highest BCUT2D eigenvalue weighted by Crippen LogP contribution is 2.36. The molecule has 3 rings (SSSR count). The predicted molar refractivity (Wildman–Crippen MR) is 79.7 cm³/mol. The van der Waals surface area contributed by atoms with Crippen molar-refractivity contribution in [3.63, 3.8) is 0 Å². The molecule has 1 aliphatic rings. The van der Waals surface area contributed by atoms with Crippen molar-refractivity contribution in [2.24, 2.45) is 0 Å². The number of nitrogens with one attached hydrogen (secondary N) is 1. The standard InChI is InChI=1S/C15H19BN2O2/c1-14(2)15(3,4)20-16(19-14)12-7-5-11(6-8-12)13-9-17-10-18-13/h5-10H,1-4H3,(H,17,18). The van der Waals surface area contributed by atoms with Gasteiger partial charge in [-0.25, -0.2) is 4.98 Å². The highest BCUT2D eigenvalue weighted by Gasteiger charge is 2.51. The molecule has 1 N–H and O–H groups in total. The van der Waals surface area contributed by atoms with Crippen molar-refractivity contribution in [2.75, 3.05) is 0 Å². The smallest absolute Gasteiger partial charge is 0.399 e. The van der Waals surface area contributed by atoms with Crippen LogP contribution in [-0.4, -0.2) is 28.3 Å². The van der Waals surface area contributed by atoms with E-state index in [1.54, 1.807) is 6.33 Å². The second-order valence-corrected chi connectivity index (χ2v) is 6.18. The molecule has 1 aromatic heterocycles. The summed E-state index contributed by atoms with van der Waals surface area (Å²) in [6, 6.07) is 8.18. The average Bonchev–Trinajstić information content (AvgIpc) is 2.97. The summed E-state index contributed by atoms with van der Waals surface area (Å²) >= 11 is 0. The van der Waals surface area contributed by atoms with E-state index in [9.17, 15) is 0 Å². The fourth-order valence-electron chi connectivity index (χ4n) is 2.21. The molecule has 0 amide bonds. The zero-order chi connectivity index (χ0) is 14.4. The first-order chi connectivity index (χ1) is 9.39. The van der Waals surface area contributed by atoms with Crippen molar-refractivity contribution in [1.82, 2.24) is 9.97 Å². The summed E-state index contributed by atoms with van der Waals surface area (Å²) in [7, 11) is -0.309. The van der Waals surface area contributed by atoms with Gasteiger partial charge in [0.1, 0.15) is 0 Å². The van der Waals surface area contributed by atoms with Crippen LogP contribution in [0.5, 0.6) is 0 Å². The molecule has 0 unspecified atom stereocenters. The van der Waals surface area contributed by atoms with Crippen molar-refractivity contribution in [3.8, 4) is 11.3 Å². The second-order valence-electron chi connectivity index (χ2n) is 6.18. The van der Waals surface area contributed by atoms with Gasteiger partial charge in [0.25, 0.3) is 0 Å². The van der Waals surface area contributed by atoms with Crippen LogP contribution >= 0.6 is 0 Å². The zero-order valence-corrected chi connectivity index (χ0v) is 12.3. The molecule has 2 heterocycles. The highest BCUT2D eigenvalue weighted by atomic mass is 16.7. The number of hydrogen-bond acceptors (Lipinski definition) is 3. The summed E-state index contributed by atoms with van der Waals surface area (Å²) in [6.45, 7) is 8.25. The summed E-state index contributed by atoms with van der Waals surface area (Å²) in [4.78, 5) is 7.13. The number of nitrogens with zero attached hydrogens (tertiary/aromatic N) is 1. The Morgan fingerprint density at radius 1 is 1.00 bits per heavy atom. The van der Waals surface area contributed by atoms with Gasteiger partial charge in [-0.1, -0.05) is 24.3 Å². The Bertz CT molecular complexity index is 575. The van der Waals surface area contributed by atoms with E-state index >= 15 is 0 Å². The summed E-state index contributed by atoms with van der Waals surface area (Å²) in [5.41, 5.74) is 2.53. The molecule has 2 aromatic rings. The third-order valence-corrected chi connectivity index (χ3v) is 4.25. The quantitative estimate of drug-likeness (QED) is 0.852. The van der Waals surface area contributed by atoms with Crippen LogP contribution in [0.3, 0.4) is 0 Å². The topological polar surface area (TPSA) is 47.1 Å². The second kappa shape index (κ2) is 4.47. The van der Waals surface area contributed by atoms with Crippen LogP contribution in [0.4, 0.5) is 0 Å². The van der Waals surface area contributed by atoms with Gasteiger partial charge in [0.15, 0.2) is 0 Å². The van der Waals surface area contributed by atoms with Gasteiger partial charge in [-0.2, -0.15) is 0 Å². The van der Waals surface area contributed by atoms with Gasteiger partial charge in [-0.15, -0.1) is 0 Å². The van der Waals surface area contributed by atoms with Gasteiger partial charge >= 0.3 is 7.12 Å². The Morgan fingerprint density at radius 2 is 1.60 bits per heavy atom. The molecule has 104 valence electrons. The van der Waals surface area contributed by atoms with Crippen molar-refractivity contribution in [1.29, 1.82) is 0 Å². The van der Waals surface area contributed by atoms with E-state index in [1.807, 2.05) is 30.5 Å². The summed E-state index contributed by atoms with van der Waals surface area (Å²) < 4.78 is 12.1. The molecule has 0 aliphatic carbocycles. The zero-order valence-electron chi connectivity index (χ0n) is 12.3. The number of rotatable bonds is 2. The van der Waals surface area contributed by atoms with E-state index < -0.39 is 0 Å². The Balaban J connectivity index is 1.83. The van der Waals surface area contributed by atoms with Crippen LogP contribution in [-0.2, 0) is 9.31 Å². The molecular weight excluding hydrogens is 251 g/mol. The molecule has 0 atom stereocenters. The van der Waals surface area contributed by atoms with E-state index in [0.29, 0.717) is 0 Å². The number of benzene rings is 1. The highest BCUT2D eigenvalue weighted by molar-refractivity contribution is 6.62. The van der Waals surface area contributed by atoms with Gasteiger partial charge in [-0.05, 0) is 38.7 Å². The van der Waals surface area contributed by atoms with Crippen LogP contribution in [0.15, 0.2) is 36.8 Å². The SMILES string of the molecule is CC1(C)OB(c2ccc(-c3cnc[nH]3)cc2)OC1(C)C. The average molecular weight is 270 g/mol. The fourth-order valence-corrected chi connectivity index (χ4v) is 2.21. The molecular formula is C15H19BN2O2. The van der Waals surface area contributed by atoms with Crippen LogP contribution in [0.25, 0.3) is 11.3 Å². The van der Waals surface area contributed by atoms with Crippen LogP contribution in [0, 0.1) is 0 Å². The number of aromatic nitrogens is 2. The lowest BCUT2D eigenvalue weighted by Gasteiger charge is -2.32. The van der Waals surface area contributed by atoms with Crippen LogP contribution < -0.4 is 5.46 Å². The van der Waals surface area contributed by atoms with Gasteiger partial charge < -0.3 is 14.3 Å². The Hall–Kier alpha value is -1.59. The normalized spacial score (nSPS) is 20.3. The molecule has 4 nitrogen and oxygen atoms in total. The molecule has 0 bridgehead atoms. The number of aromatic amines is 1. The van der Waals surface area contributed by atoms with Gasteiger partial charge in [0.2, 0.25) is 0 Å². The molecule has 5 heteroatoms. The maximum Gasteiger partial charge on any atom is 0.494 e. The third-order valence-electron chi connectivity index (χ3n) is 4.25. The fraction of sp³-hybridized carbons (Fsp3) is 0.400. The molecule has 1 aromatic carbocycles. The van der Waals surface area contributed by atoms with Crippen LogP contribution in [0.2, 0.25) is 0 Å². The Labute approximate surface area is 119 Å². The first-order valence-corrected chi connectivity index (χ1v) is 6.83. The van der Waals surface area contributed by atoms with Crippen LogP contribution in [0.1, 0.15) is 27.7 Å². The summed E-state index contributed by atoms with van der Waals surface area (Å²) in [5.74, 6) is 0. The molecule has 1 fully saturated rings. The van der Waals surface area contributed by atoms with Crippen molar-refractivity contribution >= 4 is 12.6 Å². The van der Waals surface area contributed by atoms with Gasteiger partial charge in [0, 0.05) is 0 Å². The van der Waals surface area contributed by atoms with Crippen molar-refractivity contribution < 1.29 is 9.31 Å². The first-order valence-electron chi connectivity index (χ1n) is 6.83. The molecule has 0 spiro atoms. The third kappa shape index (κ3) is 2.17. The molecule has 1 aliphatic heterocycles. The lowest BCUT2D eigenvalue weighted by Crippen LogP contribution is -2.41. The monoisotopic (exact) mass is 270 g/mol. The number of hydrogen-bond donors (Lipinski definition) is 1. The molecule has 0 radical (unpaired) electrons. The maximum atomic E-state index is 6.04. The lowest BCUT2D eigenvalue weighted by atomic mass is 9.79. The van der Waals surface area contributed by atoms with E-state index in [2.05, 4.69) is 37.7 Å². The number of H-pyrrole nitrogens is 1. The Kier molecular flexibility index (Phi) is 2.99. The minimum atomic E-state index is -0.309. The maximum absolute atomic E-state index is 6.04. The predicted octanol–water partition coefficient (Wildman–Crippen LogP) is 2.38. The van der Waals surface area contributed by atoms with E-state index in [0.717, 1.165) is 16.7 Å². The van der Waals surface area contributed by atoms with E-state index in [-0.39, 0.29) is 18.3 Å². The van der Waals surface area contributed by atoms with Gasteiger partial charge in [-0.3, -0.25) is 0 Å². The largest absolute Gasteiger partial charge is 0.494 e. The molecule has 20 heavy (non-hydrogen) atoms. The van der Waals surface area contributed by atoms with Gasteiger partial charge in [0.05, 0.1) is 29.4 Å². The first kappa shape index (κ1) is 13.4. The van der Waals surface area contributed by atoms with Crippen molar-refractivity contribution in [2.45, 2.75) is 38.9 Å². The summed E-state index contributed by atoms with van der Waals surface area (Å²) in [6.07, 6.45) is 3.49. The van der Waals surface area contributed by atoms with E-state index in [4.69, 9.17) is 9.31 Å². The lowest BCUT2D eigenvalue weighted by molar-refractivity contribution is 0.00578. The Morgan fingerprint density at radius 3 is 2.10 bits per heavy atom. The number of imidazole rings is 1. The van der Waals surface area contributed by atoms with E-state index in [1.165, 1.54) is 0 Å². The van der Waals surface area contributed by atoms with Crippen molar-refractivity contribution in [3.05, 3.63) is 36.8 Å². The minimum absolute atomic E-state index is 0.306. The summed E-state index contributed by atoms with van der Waals surface area (Å²) in [5, 5.41) is 0. The minimum Gasteiger partial charge on any atom is -0.399 e. The molecule has 1 saturated heterocycles. The molecule has 0 saturated carbocycles.